The van der Waals surface area contributed by atoms with Crippen molar-refractivity contribution in [2.75, 3.05) is 6.61 Å². The first-order valence-corrected chi connectivity index (χ1v) is 5.85. The molecule has 0 amide bonds. The minimum atomic E-state index is -0.102. The van der Waals surface area contributed by atoms with Crippen molar-refractivity contribution in [2.24, 2.45) is 0 Å². The van der Waals surface area contributed by atoms with Crippen LogP contribution in [0.2, 0.25) is 0 Å². The number of unbranched alkanes of at least 4 members (excludes halogenated alkanes) is 1. The zero-order chi connectivity index (χ0) is 12.0. The molecule has 1 aromatic rings. The number of carbonyl (C=O) groups is 1. The molecule has 1 rings (SSSR count). The molecule has 0 saturated carbocycles. The second-order valence-electron chi connectivity index (χ2n) is 3.96. The van der Waals surface area contributed by atoms with E-state index in [1.807, 2.05) is 20.8 Å². The van der Waals surface area contributed by atoms with Crippen molar-refractivity contribution in [2.45, 2.75) is 46.5 Å². The molecule has 0 aliphatic rings. The van der Waals surface area contributed by atoms with Gasteiger partial charge in [0.2, 0.25) is 0 Å². The largest absolute Gasteiger partial charge is 0.466 e. The number of ether oxygens (including phenoxy) is 1. The first kappa shape index (κ1) is 12.8. The third-order valence-electron chi connectivity index (χ3n) is 2.58. The van der Waals surface area contributed by atoms with Gasteiger partial charge in [0.25, 0.3) is 0 Å². The fraction of sp³-hybridized carbons (Fsp3) is 0.615. The predicted octanol–water partition coefficient (Wildman–Crippen LogP) is 3.17. The summed E-state index contributed by atoms with van der Waals surface area (Å²) >= 11 is 0. The van der Waals surface area contributed by atoms with Gasteiger partial charge in [-0.05, 0) is 45.2 Å². The van der Waals surface area contributed by atoms with E-state index in [0.29, 0.717) is 13.0 Å². The minimum Gasteiger partial charge on any atom is -0.466 e. The third kappa shape index (κ3) is 4.09. The predicted molar refractivity (Wildman–Crippen MR) is 62.4 cm³/mol. The van der Waals surface area contributed by atoms with E-state index in [0.717, 1.165) is 30.8 Å². The van der Waals surface area contributed by atoms with Gasteiger partial charge in [-0.1, -0.05) is 0 Å². The standard InChI is InChI=1S/C13H20O3/c1-4-15-13(14)8-6-5-7-12-9-10(2)11(3)16-12/h9H,4-8H2,1-3H3. The van der Waals surface area contributed by atoms with Gasteiger partial charge >= 0.3 is 5.97 Å². The number of hydrogen-bond acceptors (Lipinski definition) is 3. The monoisotopic (exact) mass is 224 g/mol. The lowest BCUT2D eigenvalue weighted by Crippen LogP contribution is -2.03. The van der Waals surface area contributed by atoms with Gasteiger partial charge in [-0.25, -0.2) is 0 Å². The topological polar surface area (TPSA) is 39.4 Å². The molecule has 1 aromatic heterocycles. The van der Waals surface area contributed by atoms with Gasteiger partial charge in [0, 0.05) is 12.8 Å². The molecule has 0 unspecified atom stereocenters. The molecule has 0 saturated heterocycles. The summed E-state index contributed by atoms with van der Waals surface area (Å²) < 4.78 is 10.4. The summed E-state index contributed by atoms with van der Waals surface area (Å²) in [4.78, 5) is 11.1. The van der Waals surface area contributed by atoms with Crippen molar-refractivity contribution in [1.29, 1.82) is 0 Å². The van der Waals surface area contributed by atoms with Gasteiger partial charge in [-0.3, -0.25) is 4.79 Å². The Morgan fingerprint density at radius 1 is 1.38 bits per heavy atom. The molecule has 16 heavy (non-hydrogen) atoms. The Labute approximate surface area is 96.8 Å². The molecule has 0 aliphatic carbocycles. The zero-order valence-corrected chi connectivity index (χ0v) is 10.3. The average molecular weight is 224 g/mol. The van der Waals surface area contributed by atoms with E-state index in [1.54, 1.807) is 0 Å². The lowest BCUT2D eigenvalue weighted by atomic mass is 10.1. The van der Waals surface area contributed by atoms with E-state index in [4.69, 9.17) is 9.15 Å². The highest BCUT2D eigenvalue weighted by Crippen LogP contribution is 2.15. The van der Waals surface area contributed by atoms with Crippen molar-refractivity contribution in [3.05, 3.63) is 23.2 Å². The number of furan rings is 1. The molecule has 0 fully saturated rings. The van der Waals surface area contributed by atoms with Gasteiger partial charge < -0.3 is 9.15 Å². The average Bonchev–Trinajstić information content (AvgIpc) is 2.54. The fourth-order valence-electron chi connectivity index (χ4n) is 1.57. The van der Waals surface area contributed by atoms with Crippen LogP contribution in [-0.2, 0) is 16.0 Å². The van der Waals surface area contributed by atoms with Crippen LogP contribution in [0.3, 0.4) is 0 Å². The van der Waals surface area contributed by atoms with Crippen molar-refractivity contribution < 1.29 is 13.9 Å². The van der Waals surface area contributed by atoms with Crippen LogP contribution < -0.4 is 0 Å². The Morgan fingerprint density at radius 3 is 2.69 bits per heavy atom. The van der Waals surface area contributed by atoms with Crippen LogP contribution in [0, 0.1) is 13.8 Å². The number of rotatable bonds is 6. The third-order valence-corrected chi connectivity index (χ3v) is 2.58. The van der Waals surface area contributed by atoms with E-state index < -0.39 is 0 Å². The Bertz CT molecular complexity index is 319. The summed E-state index contributed by atoms with van der Waals surface area (Å²) in [7, 11) is 0. The maximum absolute atomic E-state index is 11.1. The summed E-state index contributed by atoms with van der Waals surface area (Å²) in [5.41, 5.74) is 1.19. The molecule has 0 atom stereocenters. The Hall–Kier alpha value is -1.25. The molecule has 1 heterocycles. The van der Waals surface area contributed by atoms with Crippen LogP contribution in [0.1, 0.15) is 43.3 Å². The van der Waals surface area contributed by atoms with Gasteiger partial charge in [-0.2, -0.15) is 0 Å². The second-order valence-corrected chi connectivity index (χ2v) is 3.96. The first-order valence-electron chi connectivity index (χ1n) is 5.85. The molecular weight excluding hydrogens is 204 g/mol. The molecule has 90 valence electrons. The maximum atomic E-state index is 11.1. The zero-order valence-electron chi connectivity index (χ0n) is 10.3. The summed E-state index contributed by atoms with van der Waals surface area (Å²) in [5.74, 6) is 1.90. The second kappa shape index (κ2) is 6.36. The molecule has 0 spiro atoms. The normalized spacial score (nSPS) is 10.4. The van der Waals surface area contributed by atoms with E-state index in [2.05, 4.69) is 6.07 Å². The molecule has 3 nitrogen and oxygen atoms in total. The SMILES string of the molecule is CCOC(=O)CCCCc1cc(C)c(C)o1. The van der Waals surface area contributed by atoms with Crippen molar-refractivity contribution in [1.82, 2.24) is 0 Å². The molecule has 0 bridgehead atoms. The molecule has 0 aromatic carbocycles. The highest BCUT2D eigenvalue weighted by Gasteiger charge is 2.05. The number of aryl methyl sites for hydroxylation is 3. The molecule has 0 N–H and O–H groups in total. The van der Waals surface area contributed by atoms with E-state index >= 15 is 0 Å². The quantitative estimate of drug-likeness (QED) is 0.550. The van der Waals surface area contributed by atoms with E-state index in [9.17, 15) is 4.79 Å². The molecule has 0 aliphatic heterocycles. The summed E-state index contributed by atoms with van der Waals surface area (Å²) in [6.07, 6.45) is 3.23. The van der Waals surface area contributed by atoms with Crippen LogP contribution >= 0.6 is 0 Å². The summed E-state index contributed by atoms with van der Waals surface area (Å²) in [6.45, 7) is 6.31. The molecule has 0 radical (unpaired) electrons. The lowest BCUT2D eigenvalue weighted by Gasteiger charge is -2.00. The first-order chi connectivity index (χ1) is 7.63. The Balaban J connectivity index is 2.18. The Morgan fingerprint density at radius 2 is 2.12 bits per heavy atom. The smallest absolute Gasteiger partial charge is 0.305 e. The van der Waals surface area contributed by atoms with Crippen LogP contribution in [0.15, 0.2) is 10.5 Å². The highest BCUT2D eigenvalue weighted by atomic mass is 16.5. The van der Waals surface area contributed by atoms with Gasteiger partial charge in [-0.15, -0.1) is 0 Å². The fourth-order valence-corrected chi connectivity index (χ4v) is 1.57. The van der Waals surface area contributed by atoms with Crippen molar-refractivity contribution in [3.63, 3.8) is 0 Å². The molecule has 3 heteroatoms. The van der Waals surface area contributed by atoms with E-state index in [1.165, 1.54) is 5.56 Å². The Kier molecular flexibility index (Phi) is 5.09. The number of carbonyl (C=O) groups excluding carboxylic acids is 1. The number of hydrogen-bond donors (Lipinski definition) is 0. The summed E-state index contributed by atoms with van der Waals surface area (Å²) in [6, 6.07) is 2.07. The van der Waals surface area contributed by atoms with Crippen molar-refractivity contribution >= 4 is 5.97 Å². The number of esters is 1. The lowest BCUT2D eigenvalue weighted by molar-refractivity contribution is -0.143. The van der Waals surface area contributed by atoms with Crippen molar-refractivity contribution in [3.8, 4) is 0 Å². The van der Waals surface area contributed by atoms with Crippen LogP contribution in [-0.4, -0.2) is 12.6 Å². The highest BCUT2D eigenvalue weighted by molar-refractivity contribution is 5.69. The van der Waals surface area contributed by atoms with Gasteiger partial charge in [0.05, 0.1) is 6.61 Å². The summed E-state index contributed by atoms with van der Waals surface area (Å²) in [5, 5.41) is 0. The minimum absolute atomic E-state index is 0.102. The van der Waals surface area contributed by atoms with Gasteiger partial charge in [0.15, 0.2) is 0 Å². The van der Waals surface area contributed by atoms with Gasteiger partial charge in [0.1, 0.15) is 11.5 Å². The van der Waals surface area contributed by atoms with E-state index in [-0.39, 0.29) is 5.97 Å². The molecular formula is C13H20O3. The van der Waals surface area contributed by atoms with Crippen LogP contribution in [0.25, 0.3) is 0 Å². The van der Waals surface area contributed by atoms with Crippen LogP contribution in [0.4, 0.5) is 0 Å². The van der Waals surface area contributed by atoms with Crippen LogP contribution in [0.5, 0.6) is 0 Å². The maximum Gasteiger partial charge on any atom is 0.305 e.